The average Bonchev–Trinajstić information content (AvgIpc) is 2.69. The second-order valence-electron chi connectivity index (χ2n) is 7.44. The van der Waals surface area contributed by atoms with Crippen molar-refractivity contribution >= 4 is 27.1 Å². The number of amides is 1. The van der Waals surface area contributed by atoms with Crippen molar-refractivity contribution < 1.29 is 17.6 Å². The molecule has 0 bridgehead atoms. The van der Waals surface area contributed by atoms with Gasteiger partial charge < -0.3 is 10.2 Å². The summed E-state index contributed by atoms with van der Waals surface area (Å²) < 4.78 is 38.4. The van der Waals surface area contributed by atoms with Crippen LogP contribution in [0.25, 0.3) is 0 Å². The Morgan fingerprint density at radius 1 is 1.03 bits per heavy atom. The maximum atomic E-state index is 13.7. The Balaban J connectivity index is 1.58. The molecule has 1 heterocycles. The number of anilines is 2. The number of benzene rings is 2. The summed E-state index contributed by atoms with van der Waals surface area (Å²) in [7, 11) is -3.54. The van der Waals surface area contributed by atoms with Crippen LogP contribution < -0.4 is 10.2 Å². The predicted octanol–water partition coefficient (Wildman–Crippen LogP) is 3.80. The van der Waals surface area contributed by atoms with Gasteiger partial charge in [-0.1, -0.05) is 30.3 Å². The molecular formula is C22H27FN2O3S. The molecule has 7 heteroatoms. The predicted molar refractivity (Wildman–Crippen MR) is 115 cm³/mol. The van der Waals surface area contributed by atoms with Crippen LogP contribution in [0.15, 0.2) is 48.5 Å². The third kappa shape index (κ3) is 6.56. The molecule has 0 saturated carbocycles. The van der Waals surface area contributed by atoms with Crippen molar-refractivity contribution in [2.45, 2.75) is 32.1 Å². The lowest BCUT2D eigenvalue weighted by atomic mass is 10.1. The van der Waals surface area contributed by atoms with Gasteiger partial charge in [-0.2, -0.15) is 0 Å². The number of aryl methyl sites for hydroxylation is 1. The van der Waals surface area contributed by atoms with E-state index < -0.39 is 27.3 Å². The standard InChI is InChI=1S/C22H27FN2O3S/c23-19-11-12-21(25-13-5-2-6-14-25)20(16-19)24-22(26)17-29(27,28)15-7-10-18-8-3-1-4-9-18/h1,3-4,8-9,11-12,16H,2,5-7,10,13-15,17H2,(H,24,26). The van der Waals surface area contributed by atoms with Gasteiger partial charge in [0, 0.05) is 13.1 Å². The number of carbonyl (C=O) groups excluding carboxylic acids is 1. The van der Waals surface area contributed by atoms with Crippen LogP contribution in [0.1, 0.15) is 31.2 Å². The average molecular weight is 419 g/mol. The Hall–Kier alpha value is -2.41. The third-order valence-corrected chi connectivity index (χ3v) is 6.66. The first-order valence-electron chi connectivity index (χ1n) is 10.0. The van der Waals surface area contributed by atoms with Gasteiger partial charge in [0.1, 0.15) is 11.6 Å². The van der Waals surface area contributed by atoms with E-state index in [2.05, 4.69) is 10.2 Å². The Kier molecular flexibility index (Phi) is 7.25. The van der Waals surface area contributed by atoms with E-state index in [9.17, 15) is 17.6 Å². The molecule has 0 radical (unpaired) electrons. The lowest BCUT2D eigenvalue weighted by Crippen LogP contribution is -2.31. The van der Waals surface area contributed by atoms with Crippen LogP contribution in [-0.4, -0.2) is 38.9 Å². The van der Waals surface area contributed by atoms with Gasteiger partial charge in [0.25, 0.3) is 0 Å². The fourth-order valence-corrected chi connectivity index (χ4v) is 4.82. The fourth-order valence-electron chi connectivity index (χ4n) is 3.62. The minimum Gasteiger partial charge on any atom is -0.370 e. The van der Waals surface area contributed by atoms with Gasteiger partial charge in [0.05, 0.1) is 17.1 Å². The molecule has 1 aliphatic rings. The van der Waals surface area contributed by atoms with E-state index in [-0.39, 0.29) is 5.75 Å². The molecule has 0 spiro atoms. The number of halogens is 1. The zero-order valence-corrected chi connectivity index (χ0v) is 17.3. The van der Waals surface area contributed by atoms with E-state index in [1.165, 1.54) is 12.1 Å². The summed E-state index contributed by atoms with van der Waals surface area (Å²) in [6.07, 6.45) is 4.34. The first kappa shape index (κ1) is 21.3. The molecule has 1 amide bonds. The van der Waals surface area contributed by atoms with Crippen LogP contribution in [0.3, 0.4) is 0 Å². The second kappa shape index (κ2) is 9.87. The van der Waals surface area contributed by atoms with E-state index in [0.29, 0.717) is 18.5 Å². The van der Waals surface area contributed by atoms with Crippen molar-refractivity contribution in [1.29, 1.82) is 0 Å². The summed E-state index contributed by atoms with van der Waals surface area (Å²) in [5.74, 6) is -1.75. The molecule has 1 saturated heterocycles. The number of nitrogens with zero attached hydrogens (tertiary/aromatic N) is 1. The SMILES string of the molecule is O=C(CS(=O)(=O)CCCc1ccccc1)Nc1cc(F)ccc1N1CCCCC1. The number of piperidine rings is 1. The summed E-state index contributed by atoms with van der Waals surface area (Å²) in [6.45, 7) is 1.68. The monoisotopic (exact) mass is 418 g/mol. The van der Waals surface area contributed by atoms with E-state index in [0.717, 1.165) is 43.6 Å². The first-order valence-corrected chi connectivity index (χ1v) is 11.8. The molecule has 0 unspecified atom stereocenters. The third-order valence-electron chi connectivity index (χ3n) is 5.04. The van der Waals surface area contributed by atoms with E-state index in [4.69, 9.17) is 0 Å². The molecular weight excluding hydrogens is 391 g/mol. The molecule has 0 aliphatic carbocycles. The van der Waals surface area contributed by atoms with Crippen LogP contribution in [-0.2, 0) is 21.1 Å². The van der Waals surface area contributed by atoms with Gasteiger partial charge in [0.15, 0.2) is 9.84 Å². The fraction of sp³-hybridized carbons (Fsp3) is 0.409. The molecule has 0 aromatic heterocycles. The van der Waals surface area contributed by atoms with Crippen LogP contribution in [0.4, 0.5) is 15.8 Å². The Bertz CT molecular complexity index is 926. The molecule has 1 N–H and O–H groups in total. The number of carbonyl (C=O) groups is 1. The zero-order valence-electron chi connectivity index (χ0n) is 16.4. The minimum atomic E-state index is -3.54. The van der Waals surface area contributed by atoms with Crippen LogP contribution in [0.2, 0.25) is 0 Å². The smallest absolute Gasteiger partial charge is 0.239 e. The summed E-state index contributed by atoms with van der Waals surface area (Å²) in [5, 5.41) is 2.61. The molecule has 1 fully saturated rings. The topological polar surface area (TPSA) is 66.5 Å². The molecule has 2 aromatic rings. The number of sulfone groups is 1. The van der Waals surface area contributed by atoms with Crippen molar-refractivity contribution in [2.75, 3.05) is 34.8 Å². The molecule has 156 valence electrons. The molecule has 0 atom stereocenters. The van der Waals surface area contributed by atoms with Crippen molar-refractivity contribution in [3.05, 3.63) is 59.9 Å². The van der Waals surface area contributed by atoms with E-state index in [1.54, 1.807) is 6.07 Å². The molecule has 3 rings (SSSR count). The summed E-state index contributed by atoms with van der Waals surface area (Å²) in [6, 6.07) is 13.9. The highest BCUT2D eigenvalue weighted by Gasteiger charge is 2.20. The summed E-state index contributed by atoms with van der Waals surface area (Å²) >= 11 is 0. The summed E-state index contributed by atoms with van der Waals surface area (Å²) in [5.41, 5.74) is 2.13. The van der Waals surface area contributed by atoms with Crippen molar-refractivity contribution in [2.24, 2.45) is 0 Å². The maximum absolute atomic E-state index is 13.7. The molecule has 2 aromatic carbocycles. The van der Waals surface area contributed by atoms with Gasteiger partial charge in [-0.15, -0.1) is 0 Å². The highest BCUT2D eigenvalue weighted by molar-refractivity contribution is 7.92. The van der Waals surface area contributed by atoms with Gasteiger partial charge in [0.2, 0.25) is 5.91 Å². The van der Waals surface area contributed by atoms with Crippen molar-refractivity contribution in [1.82, 2.24) is 0 Å². The van der Waals surface area contributed by atoms with Gasteiger partial charge >= 0.3 is 0 Å². The molecule has 29 heavy (non-hydrogen) atoms. The van der Waals surface area contributed by atoms with E-state index >= 15 is 0 Å². The largest absolute Gasteiger partial charge is 0.370 e. The Labute approximate surface area is 171 Å². The summed E-state index contributed by atoms with van der Waals surface area (Å²) in [4.78, 5) is 14.5. The molecule has 1 aliphatic heterocycles. The lowest BCUT2D eigenvalue weighted by Gasteiger charge is -2.30. The number of nitrogens with one attached hydrogen (secondary N) is 1. The van der Waals surface area contributed by atoms with Crippen LogP contribution in [0, 0.1) is 5.82 Å². The van der Waals surface area contributed by atoms with Crippen LogP contribution >= 0.6 is 0 Å². The highest BCUT2D eigenvalue weighted by atomic mass is 32.2. The first-order chi connectivity index (χ1) is 13.9. The second-order valence-corrected chi connectivity index (χ2v) is 9.62. The zero-order chi connectivity index (χ0) is 20.7. The van der Waals surface area contributed by atoms with Gasteiger partial charge in [-0.05, 0) is 55.9 Å². The molecule has 5 nitrogen and oxygen atoms in total. The van der Waals surface area contributed by atoms with Gasteiger partial charge in [-0.25, -0.2) is 12.8 Å². The maximum Gasteiger partial charge on any atom is 0.239 e. The quantitative estimate of drug-likeness (QED) is 0.708. The van der Waals surface area contributed by atoms with Crippen molar-refractivity contribution in [3.63, 3.8) is 0 Å². The number of rotatable bonds is 8. The number of hydrogen-bond acceptors (Lipinski definition) is 4. The highest BCUT2D eigenvalue weighted by Crippen LogP contribution is 2.29. The lowest BCUT2D eigenvalue weighted by molar-refractivity contribution is -0.113. The number of hydrogen-bond donors (Lipinski definition) is 1. The Morgan fingerprint density at radius 3 is 2.48 bits per heavy atom. The normalized spacial score (nSPS) is 14.6. The van der Waals surface area contributed by atoms with Crippen LogP contribution in [0.5, 0.6) is 0 Å². The van der Waals surface area contributed by atoms with Crippen molar-refractivity contribution in [3.8, 4) is 0 Å². The van der Waals surface area contributed by atoms with Gasteiger partial charge in [-0.3, -0.25) is 4.79 Å². The Morgan fingerprint density at radius 2 is 1.76 bits per heavy atom. The van der Waals surface area contributed by atoms with E-state index in [1.807, 2.05) is 30.3 Å². The minimum absolute atomic E-state index is 0.0581.